The van der Waals surface area contributed by atoms with Crippen LogP contribution in [0.2, 0.25) is 0 Å². The molecule has 130 valence electrons. The molecule has 3 rings (SSSR count). The molecule has 0 fully saturated rings. The minimum absolute atomic E-state index is 0.0934. The highest BCUT2D eigenvalue weighted by atomic mass is 16.1. The van der Waals surface area contributed by atoms with Crippen LogP contribution in [0.1, 0.15) is 32.3 Å². The lowest BCUT2D eigenvalue weighted by Crippen LogP contribution is -2.23. The van der Waals surface area contributed by atoms with Gasteiger partial charge in [0.05, 0.1) is 10.9 Å². The molecule has 4 heteroatoms. The standard InChI is InChI=1S/C21H25N3O/c1-3-5-13-24(4-2)15-16-9-8-10-17(14-16)20-22-19-12-7-6-11-18(19)21(25)23-20/h6-12,14H,3-5,13,15H2,1-2H3,(H,22,23,25). The Labute approximate surface area is 148 Å². The van der Waals surface area contributed by atoms with E-state index in [0.29, 0.717) is 11.2 Å². The van der Waals surface area contributed by atoms with Gasteiger partial charge in [-0.25, -0.2) is 4.98 Å². The van der Waals surface area contributed by atoms with Gasteiger partial charge in [0, 0.05) is 12.1 Å². The largest absolute Gasteiger partial charge is 0.306 e. The van der Waals surface area contributed by atoms with Crippen molar-refractivity contribution >= 4 is 10.9 Å². The summed E-state index contributed by atoms with van der Waals surface area (Å²) in [5.74, 6) is 0.627. The number of hydrogen-bond acceptors (Lipinski definition) is 3. The van der Waals surface area contributed by atoms with Crippen LogP contribution in [0.3, 0.4) is 0 Å². The maximum atomic E-state index is 12.3. The zero-order valence-corrected chi connectivity index (χ0v) is 15.0. The summed E-state index contributed by atoms with van der Waals surface area (Å²) >= 11 is 0. The third kappa shape index (κ3) is 4.15. The van der Waals surface area contributed by atoms with Gasteiger partial charge in [-0.15, -0.1) is 0 Å². The van der Waals surface area contributed by atoms with Crippen molar-refractivity contribution in [2.24, 2.45) is 0 Å². The third-order valence-corrected chi connectivity index (χ3v) is 4.49. The van der Waals surface area contributed by atoms with Gasteiger partial charge in [-0.1, -0.05) is 50.6 Å². The number of para-hydroxylation sites is 1. The number of nitrogens with zero attached hydrogens (tertiary/aromatic N) is 2. The summed E-state index contributed by atoms with van der Waals surface area (Å²) in [6.07, 6.45) is 2.42. The molecule has 2 aromatic carbocycles. The molecular formula is C21H25N3O. The molecule has 0 saturated heterocycles. The molecule has 0 amide bonds. The first kappa shape index (κ1) is 17.4. The van der Waals surface area contributed by atoms with Crippen LogP contribution in [-0.4, -0.2) is 28.0 Å². The fraction of sp³-hybridized carbons (Fsp3) is 0.333. The summed E-state index contributed by atoms with van der Waals surface area (Å²) in [6.45, 7) is 7.48. The van der Waals surface area contributed by atoms with Gasteiger partial charge in [-0.05, 0) is 43.3 Å². The molecule has 3 aromatic rings. The van der Waals surface area contributed by atoms with Crippen LogP contribution in [0.5, 0.6) is 0 Å². The molecule has 0 saturated carbocycles. The Morgan fingerprint density at radius 3 is 2.72 bits per heavy atom. The number of fused-ring (bicyclic) bond motifs is 1. The van der Waals surface area contributed by atoms with E-state index >= 15 is 0 Å². The lowest BCUT2D eigenvalue weighted by molar-refractivity contribution is 0.275. The lowest BCUT2D eigenvalue weighted by Gasteiger charge is -2.20. The molecule has 0 unspecified atom stereocenters. The average molecular weight is 335 g/mol. The second-order valence-corrected chi connectivity index (χ2v) is 6.35. The fourth-order valence-corrected chi connectivity index (χ4v) is 3.03. The van der Waals surface area contributed by atoms with Crippen molar-refractivity contribution in [2.45, 2.75) is 33.2 Å². The summed E-state index contributed by atoms with van der Waals surface area (Å²) in [7, 11) is 0. The average Bonchev–Trinajstić information content (AvgIpc) is 2.65. The zero-order chi connectivity index (χ0) is 17.6. The summed E-state index contributed by atoms with van der Waals surface area (Å²) in [5.41, 5.74) is 2.83. The van der Waals surface area contributed by atoms with Gasteiger partial charge in [0.25, 0.3) is 5.56 Å². The highest BCUT2D eigenvalue weighted by Gasteiger charge is 2.08. The summed E-state index contributed by atoms with van der Waals surface area (Å²) in [4.78, 5) is 22.3. The van der Waals surface area contributed by atoms with Crippen molar-refractivity contribution in [1.29, 1.82) is 0 Å². The van der Waals surface area contributed by atoms with Crippen LogP contribution in [0.15, 0.2) is 53.3 Å². The van der Waals surface area contributed by atoms with E-state index in [9.17, 15) is 4.79 Å². The maximum Gasteiger partial charge on any atom is 0.259 e. The van der Waals surface area contributed by atoms with Crippen molar-refractivity contribution < 1.29 is 0 Å². The van der Waals surface area contributed by atoms with E-state index < -0.39 is 0 Å². The molecule has 0 bridgehead atoms. The second kappa shape index (κ2) is 8.08. The first-order valence-electron chi connectivity index (χ1n) is 9.02. The highest BCUT2D eigenvalue weighted by molar-refractivity contribution is 5.79. The predicted octanol–water partition coefficient (Wildman–Crippen LogP) is 4.21. The van der Waals surface area contributed by atoms with E-state index in [-0.39, 0.29) is 5.56 Å². The Balaban J connectivity index is 1.90. The molecule has 0 radical (unpaired) electrons. The first-order valence-corrected chi connectivity index (χ1v) is 9.02. The number of H-pyrrole nitrogens is 1. The monoisotopic (exact) mass is 335 g/mol. The van der Waals surface area contributed by atoms with Crippen molar-refractivity contribution in [1.82, 2.24) is 14.9 Å². The summed E-state index contributed by atoms with van der Waals surface area (Å²) in [6, 6.07) is 15.7. The molecule has 4 nitrogen and oxygen atoms in total. The summed E-state index contributed by atoms with van der Waals surface area (Å²) in [5, 5.41) is 0.624. The van der Waals surface area contributed by atoms with Gasteiger partial charge in [0.2, 0.25) is 0 Å². The Bertz CT molecular complexity index is 901. The van der Waals surface area contributed by atoms with Crippen LogP contribution in [0, 0.1) is 0 Å². The van der Waals surface area contributed by atoms with Crippen LogP contribution in [0.25, 0.3) is 22.3 Å². The predicted molar refractivity (Wildman–Crippen MR) is 104 cm³/mol. The van der Waals surface area contributed by atoms with Crippen LogP contribution >= 0.6 is 0 Å². The van der Waals surface area contributed by atoms with Gasteiger partial charge in [-0.2, -0.15) is 0 Å². The normalized spacial score (nSPS) is 11.3. The van der Waals surface area contributed by atoms with E-state index in [1.54, 1.807) is 6.07 Å². The van der Waals surface area contributed by atoms with Gasteiger partial charge in [0.1, 0.15) is 5.82 Å². The smallest absolute Gasteiger partial charge is 0.259 e. The van der Waals surface area contributed by atoms with Crippen molar-refractivity contribution in [3.05, 3.63) is 64.4 Å². The highest BCUT2D eigenvalue weighted by Crippen LogP contribution is 2.18. The molecular weight excluding hydrogens is 310 g/mol. The molecule has 0 spiro atoms. The van der Waals surface area contributed by atoms with Crippen molar-refractivity contribution in [2.75, 3.05) is 13.1 Å². The van der Waals surface area contributed by atoms with E-state index in [1.807, 2.05) is 30.3 Å². The number of benzene rings is 2. The zero-order valence-electron chi connectivity index (χ0n) is 15.0. The molecule has 0 aliphatic heterocycles. The Morgan fingerprint density at radius 2 is 1.92 bits per heavy atom. The van der Waals surface area contributed by atoms with Crippen LogP contribution < -0.4 is 5.56 Å². The second-order valence-electron chi connectivity index (χ2n) is 6.35. The van der Waals surface area contributed by atoms with Gasteiger partial charge in [0.15, 0.2) is 0 Å². The minimum Gasteiger partial charge on any atom is -0.306 e. The van der Waals surface area contributed by atoms with Crippen molar-refractivity contribution in [3.8, 4) is 11.4 Å². The molecule has 1 heterocycles. The minimum atomic E-state index is -0.0934. The Morgan fingerprint density at radius 1 is 1.08 bits per heavy atom. The number of aromatic nitrogens is 2. The summed E-state index contributed by atoms with van der Waals surface area (Å²) < 4.78 is 0. The van der Waals surface area contributed by atoms with Crippen LogP contribution in [0.4, 0.5) is 0 Å². The molecule has 0 aliphatic carbocycles. The van der Waals surface area contributed by atoms with E-state index in [4.69, 9.17) is 0 Å². The Hall–Kier alpha value is -2.46. The molecule has 1 N–H and O–H groups in total. The quantitative estimate of drug-likeness (QED) is 0.703. The lowest BCUT2D eigenvalue weighted by atomic mass is 10.1. The Kier molecular flexibility index (Phi) is 5.61. The number of aromatic amines is 1. The number of unbranched alkanes of at least 4 members (excludes halogenated alkanes) is 1. The first-order chi connectivity index (χ1) is 12.2. The number of hydrogen-bond donors (Lipinski definition) is 1. The fourth-order valence-electron chi connectivity index (χ4n) is 3.03. The molecule has 0 atom stereocenters. The third-order valence-electron chi connectivity index (χ3n) is 4.49. The van der Waals surface area contributed by atoms with E-state index in [2.05, 4.69) is 40.8 Å². The molecule has 0 aliphatic rings. The molecule has 25 heavy (non-hydrogen) atoms. The van der Waals surface area contributed by atoms with Crippen LogP contribution in [-0.2, 0) is 6.54 Å². The van der Waals surface area contributed by atoms with E-state index in [0.717, 1.165) is 30.7 Å². The van der Waals surface area contributed by atoms with Crippen molar-refractivity contribution in [3.63, 3.8) is 0 Å². The van der Waals surface area contributed by atoms with E-state index in [1.165, 1.54) is 18.4 Å². The maximum absolute atomic E-state index is 12.3. The SMILES string of the molecule is CCCCN(CC)Cc1cccc(-c2nc3ccccc3c(=O)[nH]2)c1. The van der Waals surface area contributed by atoms with Gasteiger partial charge in [-0.3, -0.25) is 9.69 Å². The topological polar surface area (TPSA) is 49.0 Å². The number of nitrogens with one attached hydrogen (secondary N) is 1. The van der Waals surface area contributed by atoms with Gasteiger partial charge < -0.3 is 4.98 Å². The molecule has 1 aromatic heterocycles. The van der Waals surface area contributed by atoms with Gasteiger partial charge >= 0.3 is 0 Å². The number of rotatable bonds is 7.